The van der Waals surface area contributed by atoms with E-state index >= 15 is 0 Å². The Hall–Kier alpha value is -3.44. The molecule has 0 atom stereocenters. The van der Waals surface area contributed by atoms with Crippen LogP contribution in [-0.2, 0) is 6.54 Å². The van der Waals surface area contributed by atoms with Gasteiger partial charge in [0.25, 0.3) is 5.91 Å². The first-order chi connectivity index (χ1) is 14.7. The predicted molar refractivity (Wildman–Crippen MR) is 118 cm³/mol. The number of nitrogens with zero attached hydrogens (tertiary/aromatic N) is 2. The highest BCUT2D eigenvalue weighted by Crippen LogP contribution is 2.21. The first-order valence-electron chi connectivity index (χ1n) is 10.2. The van der Waals surface area contributed by atoms with Crippen LogP contribution >= 0.6 is 0 Å². The minimum absolute atomic E-state index is 0.108. The monoisotopic (exact) mass is 398 g/mol. The standard InChI is InChI=1S/C25H22N2O3/c28-24(22-16-19-7-2-4-11-23(19)30-25(22)29)27-14-12-26(13-15-27)17-20-9-5-8-18-6-1-3-10-21(18)20/h1-11,16H,12-15,17H2. The van der Waals surface area contributed by atoms with E-state index in [1.54, 1.807) is 17.0 Å². The molecule has 1 aliphatic heterocycles. The van der Waals surface area contributed by atoms with Crippen LogP contribution in [0.2, 0.25) is 0 Å². The smallest absolute Gasteiger partial charge is 0.349 e. The number of carbonyl (C=O) groups excluding carboxylic acids is 1. The molecular weight excluding hydrogens is 376 g/mol. The zero-order valence-corrected chi connectivity index (χ0v) is 16.6. The van der Waals surface area contributed by atoms with Crippen LogP contribution in [0, 0.1) is 0 Å². The third-order valence-corrected chi connectivity index (χ3v) is 5.81. The van der Waals surface area contributed by atoms with Crippen molar-refractivity contribution in [1.29, 1.82) is 0 Å². The van der Waals surface area contributed by atoms with Crippen molar-refractivity contribution in [3.8, 4) is 0 Å². The Kier molecular flexibility index (Phi) is 4.81. The highest BCUT2D eigenvalue weighted by Gasteiger charge is 2.25. The van der Waals surface area contributed by atoms with Gasteiger partial charge in [0.05, 0.1) is 0 Å². The topological polar surface area (TPSA) is 53.8 Å². The van der Waals surface area contributed by atoms with Crippen LogP contribution in [0.5, 0.6) is 0 Å². The lowest BCUT2D eigenvalue weighted by Crippen LogP contribution is -2.49. The molecule has 5 rings (SSSR count). The molecule has 0 bridgehead atoms. The number of fused-ring (bicyclic) bond motifs is 2. The summed E-state index contributed by atoms with van der Waals surface area (Å²) >= 11 is 0. The van der Waals surface area contributed by atoms with E-state index in [-0.39, 0.29) is 11.5 Å². The molecule has 5 heteroatoms. The average molecular weight is 398 g/mol. The third kappa shape index (κ3) is 3.48. The zero-order valence-electron chi connectivity index (χ0n) is 16.6. The van der Waals surface area contributed by atoms with Crippen molar-refractivity contribution in [2.45, 2.75) is 6.54 Å². The number of hydrogen-bond donors (Lipinski definition) is 0. The van der Waals surface area contributed by atoms with Crippen LogP contribution < -0.4 is 5.63 Å². The second kappa shape index (κ2) is 7.76. The highest BCUT2D eigenvalue weighted by molar-refractivity contribution is 5.96. The summed E-state index contributed by atoms with van der Waals surface area (Å²) in [6.07, 6.45) is 0. The van der Waals surface area contributed by atoms with Crippen molar-refractivity contribution in [2.24, 2.45) is 0 Å². The Morgan fingerprint density at radius 3 is 2.37 bits per heavy atom. The molecule has 1 aliphatic rings. The first kappa shape index (κ1) is 18.6. The van der Waals surface area contributed by atoms with Crippen LogP contribution in [0.15, 0.2) is 82.0 Å². The van der Waals surface area contributed by atoms with E-state index < -0.39 is 5.63 Å². The van der Waals surface area contributed by atoms with Gasteiger partial charge in [-0.1, -0.05) is 60.7 Å². The molecule has 0 unspecified atom stereocenters. The van der Waals surface area contributed by atoms with E-state index in [2.05, 4.69) is 47.4 Å². The second-order valence-corrected chi connectivity index (χ2v) is 7.69. The highest BCUT2D eigenvalue weighted by atomic mass is 16.4. The normalized spacial score (nSPS) is 15.0. The van der Waals surface area contributed by atoms with Crippen molar-refractivity contribution in [3.05, 3.63) is 94.3 Å². The second-order valence-electron chi connectivity index (χ2n) is 7.69. The fraction of sp³-hybridized carbons (Fsp3) is 0.200. The molecule has 1 fully saturated rings. The van der Waals surface area contributed by atoms with Crippen LogP contribution in [0.4, 0.5) is 0 Å². The van der Waals surface area contributed by atoms with Gasteiger partial charge >= 0.3 is 5.63 Å². The lowest BCUT2D eigenvalue weighted by molar-refractivity contribution is 0.0625. The van der Waals surface area contributed by atoms with Gasteiger partial charge in [-0.15, -0.1) is 0 Å². The average Bonchev–Trinajstić information content (AvgIpc) is 2.79. The SMILES string of the molecule is O=C(c1cc2ccccc2oc1=O)N1CCN(Cc2cccc3ccccc23)CC1. The number of rotatable bonds is 3. The summed E-state index contributed by atoms with van der Waals surface area (Å²) < 4.78 is 5.33. The minimum Gasteiger partial charge on any atom is -0.422 e. The van der Waals surface area contributed by atoms with Crippen LogP contribution in [0.3, 0.4) is 0 Å². The van der Waals surface area contributed by atoms with Gasteiger partial charge < -0.3 is 9.32 Å². The maximum Gasteiger partial charge on any atom is 0.349 e. The van der Waals surface area contributed by atoms with Crippen LogP contribution in [-0.4, -0.2) is 41.9 Å². The van der Waals surface area contributed by atoms with Gasteiger partial charge in [-0.2, -0.15) is 0 Å². The van der Waals surface area contributed by atoms with E-state index in [1.165, 1.54) is 16.3 Å². The summed E-state index contributed by atoms with van der Waals surface area (Å²) in [5.41, 5.74) is 1.33. The molecule has 1 aromatic heterocycles. The largest absolute Gasteiger partial charge is 0.422 e. The van der Waals surface area contributed by atoms with Crippen molar-refractivity contribution >= 4 is 27.6 Å². The molecule has 5 nitrogen and oxygen atoms in total. The molecule has 1 amide bonds. The summed E-state index contributed by atoms with van der Waals surface area (Å²) in [5, 5.41) is 3.27. The fourth-order valence-electron chi connectivity index (χ4n) is 4.16. The number of carbonyl (C=O) groups is 1. The summed E-state index contributed by atoms with van der Waals surface area (Å²) in [4.78, 5) is 29.4. The van der Waals surface area contributed by atoms with E-state index in [0.717, 1.165) is 25.0 Å². The molecular formula is C25H22N2O3. The fourth-order valence-corrected chi connectivity index (χ4v) is 4.16. The number of amides is 1. The first-order valence-corrected chi connectivity index (χ1v) is 10.2. The van der Waals surface area contributed by atoms with Gasteiger partial charge in [-0.25, -0.2) is 4.79 Å². The van der Waals surface area contributed by atoms with Crippen LogP contribution in [0.1, 0.15) is 15.9 Å². The van der Waals surface area contributed by atoms with E-state index in [9.17, 15) is 9.59 Å². The van der Waals surface area contributed by atoms with Crippen molar-refractivity contribution in [1.82, 2.24) is 9.80 Å². The molecule has 0 aliphatic carbocycles. The maximum atomic E-state index is 13.0. The van der Waals surface area contributed by atoms with Gasteiger partial charge in [0.1, 0.15) is 11.1 Å². The van der Waals surface area contributed by atoms with Crippen molar-refractivity contribution in [2.75, 3.05) is 26.2 Å². The molecule has 0 spiro atoms. The van der Waals surface area contributed by atoms with Gasteiger partial charge in [-0.3, -0.25) is 9.69 Å². The Morgan fingerprint density at radius 1 is 0.833 bits per heavy atom. The van der Waals surface area contributed by atoms with E-state index in [1.807, 2.05) is 18.2 Å². The Morgan fingerprint density at radius 2 is 1.53 bits per heavy atom. The Balaban J connectivity index is 1.29. The molecule has 2 heterocycles. The number of hydrogen-bond acceptors (Lipinski definition) is 4. The number of piperazine rings is 1. The maximum absolute atomic E-state index is 13.0. The predicted octanol–water partition coefficient (Wildman–Crippen LogP) is 3.90. The zero-order chi connectivity index (χ0) is 20.5. The molecule has 150 valence electrons. The van der Waals surface area contributed by atoms with Gasteiger partial charge in [0, 0.05) is 38.1 Å². The molecule has 4 aromatic rings. The van der Waals surface area contributed by atoms with Gasteiger partial charge in [0.15, 0.2) is 0 Å². The molecule has 3 aromatic carbocycles. The number of para-hydroxylation sites is 1. The minimum atomic E-state index is -0.572. The Labute approximate surface area is 174 Å². The van der Waals surface area contributed by atoms with Gasteiger partial charge in [-0.05, 0) is 28.5 Å². The summed E-state index contributed by atoms with van der Waals surface area (Å²) in [7, 11) is 0. The van der Waals surface area contributed by atoms with E-state index in [4.69, 9.17) is 4.42 Å². The molecule has 0 saturated carbocycles. The molecule has 0 N–H and O–H groups in total. The quantitative estimate of drug-likeness (QED) is 0.491. The van der Waals surface area contributed by atoms with Crippen molar-refractivity contribution in [3.63, 3.8) is 0 Å². The van der Waals surface area contributed by atoms with E-state index in [0.29, 0.717) is 18.7 Å². The third-order valence-electron chi connectivity index (χ3n) is 5.81. The molecule has 30 heavy (non-hydrogen) atoms. The summed E-state index contributed by atoms with van der Waals surface area (Å²) in [5.74, 6) is -0.251. The summed E-state index contributed by atoms with van der Waals surface area (Å²) in [6.45, 7) is 3.58. The molecule has 0 radical (unpaired) electrons. The van der Waals surface area contributed by atoms with Crippen LogP contribution in [0.25, 0.3) is 21.7 Å². The lowest BCUT2D eigenvalue weighted by Gasteiger charge is -2.34. The Bertz CT molecular complexity index is 1280. The lowest BCUT2D eigenvalue weighted by atomic mass is 10.0. The van der Waals surface area contributed by atoms with Crippen molar-refractivity contribution < 1.29 is 9.21 Å². The van der Waals surface area contributed by atoms with Gasteiger partial charge in [0.2, 0.25) is 0 Å². The summed E-state index contributed by atoms with van der Waals surface area (Å²) in [6, 6.07) is 23.7. The molecule has 1 saturated heterocycles. The number of benzene rings is 3.